The van der Waals surface area contributed by atoms with Crippen molar-refractivity contribution in [2.45, 2.75) is 11.8 Å². The van der Waals surface area contributed by atoms with Crippen LogP contribution in [0.2, 0.25) is 0 Å². The van der Waals surface area contributed by atoms with Gasteiger partial charge in [-0.3, -0.25) is 4.79 Å². The molecular formula is C25H20N4OS. The number of rotatable bonds is 5. The van der Waals surface area contributed by atoms with Gasteiger partial charge < -0.3 is 5.32 Å². The Morgan fingerprint density at radius 3 is 2.55 bits per heavy atom. The number of aromatic nitrogens is 3. The zero-order valence-electron chi connectivity index (χ0n) is 16.7. The van der Waals surface area contributed by atoms with Gasteiger partial charge in [0.05, 0.1) is 22.3 Å². The average molecular weight is 425 g/mol. The Labute approximate surface area is 184 Å². The molecule has 31 heavy (non-hydrogen) atoms. The Balaban J connectivity index is 1.67. The van der Waals surface area contributed by atoms with Crippen LogP contribution in [-0.4, -0.2) is 20.7 Å². The van der Waals surface area contributed by atoms with Crippen LogP contribution in [0.4, 0.5) is 11.5 Å². The van der Waals surface area contributed by atoms with Crippen LogP contribution in [0, 0.1) is 0 Å². The molecule has 5 rings (SSSR count). The minimum atomic E-state index is -0.475. The first-order valence-corrected chi connectivity index (χ1v) is 10.9. The van der Waals surface area contributed by atoms with Crippen molar-refractivity contribution < 1.29 is 4.79 Å². The summed E-state index contributed by atoms with van der Waals surface area (Å²) in [6.45, 7) is 3.66. The summed E-state index contributed by atoms with van der Waals surface area (Å²) >= 11 is 1.57. The molecule has 0 saturated heterocycles. The van der Waals surface area contributed by atoms with Crippen LogP contribution < -0.4 is 5.32 Å². The average Bonchev–Trinajstić information content (AvgIpc) is 3.49. The normalized spacial score (nSPS) is 17.2. The Bertz CT molecular complexity index is 1260. The van der Waals surface area contributed by atoms with Crippen molar-refractivity contribution in [2.75, 3.05) is 5.32 Å². The Hall–Kier alpha value is -3.77. The SMILES string of the molecule is C=CC(=O)n1nc(Nc2ccccc2)c2c1CC(c1ccccc1)(c1cscn1)C=C2. The molecule has 2 aromatic heterocycles. The molecule has 0 fully saturated rings. The van der Waals surface area contributed by atoms with E-state index < -0.39 is 5.41 Å². The van der Waals surface area contributed by atoms with Gasteiger partial charge in [0, 0.05) is 23.1 Å². The molecule has 0 amide bonds. The number of nitrogens with one attached hydrogen (secondary N) is 1. The predicted molar refractivity (Wildman–Crippen MR) is 125 cm³/mol. The second kappa shape index (κ2) is 7.81. The molecule has 0 spiro atoms. The third kappa shape index (κ3) is 3.31. The van der Waals surface area contributed by atoms with Gasteiger partial charge in [0.25, 0.3) is 5.91 Å². The molecule has 0 aliphatic heterocycles. The fourth-order valence-corrected chi connectivity index (χ4v) is 4.70. The van der Waals surface area contributed by atoms with Gasteiger partial charge in [-0.2, -0.15) is 4.68 Å². The Morgan fingerprint density at radius 2 is 1.87 bits per heavy atom. The van der Waals surface area contributed by atoms with Crippen molar-refractivity contribution in [1.82, 2.24) is 14.8 Å². The van der Waals surface area contributed by atoms with Crippen molar-refractivity contribution in [1.29, 1.82) is 0 Å². The van der Waals surface area contributed by atoms with Crippen molar-refractivity contribution in [3.8, 4) is 0 Å². The molecule has 6 heteroatoms. The van der Waals surface area contributed by atoms with E-state index in [0.29, 0.717) is 12.2 Å². The van der Waals surface area contributed by atoms with Crippen LogP contribution in [0.1, 0.15) is 27.3 Å². The molecule has 0 radical (unpaired) electrons. The molecule has 5 nitrogen and oxygen atoms in total. The zero-order chi connectivity index (χ0) is 21.3. The minimum absolute atomic E-state index is 0.257. The Morgan fingerprint density at radius 1 is 1.13 bits per heavy atom. The first-order chi connectivity index (χ1) is 15.2. The highest BCUT2D eigenvalue weighted by atomic mass is 32.1. The van der Waals surface area contributed by atoms with Gasteiger partial charge in [0.2, 0.25) is 0 Å². The molecular weight excluding hydrogens is 404 g/mol. The van der Waals surface area contributed by atoms with Gasteiger partial charge in [-0.05, 0) is 23.8 Å². The summed E-state index contributed by atoms with van der Waals surface area (Å²) in [6.07, 6.45) is 6.09. The summed E-state index contributed by atoms with van der Waals surface area (Å²) in [5.74, 6) is 0.389. The fraction of sp³-hybridized carbons (Fsp3) is 0.0800. The van der Waals surface area contributed by atoms with Gasteiger partial charge in [0.1, 0.15) is 0 Å². The maximum Gasteiger partial charge on any atom is 0.270 e. The number of carbonyl (C=O) groups excluding carboxylic acids is 1. The second-order valence-electron chi connectivity index (χ2n) is 7.38. The van der Waals surface area contributed by atoms with Crippen LogP contribution in [0.3, 0.4) is 0 Å². The summed E-state index contributed by atoms with van der Waals surface area (Å²) in [5.41, 5.74) is 6.11. The van der Waals surface area contributed by atoms with Gasteiger partial charge in [-0.15, -0.1) is 16.4 Å². The summed E-state index contributed by atoms with van der Waals surface area (Å²) in [6, 6.07) is 20.1. The van der Waals surface area contributed by atoms with Crippen LogP contribution in [0.25, 0.3) is 6.08 Å². The van der Waals surface area contributed by atoms with Gasteiger partial charge in [-0.25, -0.2) is 4.98 Å². The number of hydrogen-bond acceptors (Lipinski definition) is 5. The first kappa shape index (κ1) is 19.2. The van der Waals surface area contributed by atoms with E-state index in [1.165, 1.54) is 10.8 Å². The third-order valence-electron chi connectivity index (χ3n) is 5.60. The molecule has 0 saturated carbocycles. The highest BCUT2D eigenvalue weighted by Crippen LogP contribution is 2.43. The summed E-state index contributed by atoms with van der Waals surface area (Å²) in [4.78, 5) is 17.3. The lowest BCUT2D eigenvalue weighted by atomic mass is 9.71. The van der Waals surface area contributed by atoms with Crippen molar-refractivity contribution in [3.63, 3.8) is 0 Å². The molecule has 1 aliphatic carbocycles. The highest BCUT2D eigenvalue weighted by Gasteiger charge is 2.39. The van der Waals surface area contributed by atoms with Crippen LogP contribution in [0.5, 0.6) is 0 Å². The maximum atomic E-state index is 12.7. The first-order valence-electron chi connectivity index (χ1n) is 9.95. The molecule has 1 N–H and O–H groups in total. The molecule has 152 valence electrons. The summed E-state index contributed by atoms with van der Waals surface area (Å²) in [7, 11) is 0. The number of anilines is 2. The third-order valence-corrected chi connectivity index (χ3v) is 6.19. The number of benzene rings is 2. The lowest BCUT2D eigenvalue weighted by Gasteiger charge is -2.32. The number of hydrogen-bond donors (Lipinski definition) is 1. The van der Waals surface area contributed by atoms with Gasteiger partial charge in [0.15, 0.2) is 5.82 Å². The maximum absolute atomic E-state index is 12.7. The Kier molecular flexibility index (Phi) is 4.84. The number of allylic oxidation sites excluding steroid dienone is 2. The topological polar surface area (TPSA) is 59.8 Å². The fourth-order valence-electron chi connectivity index (χ4n) is 4.07. The molecule has 0 bridgehead atoms. The van der Waals surface area contributed by atoms with Crippen molar-refractivity contribution in [3.05, 3.63) is 113 Å². The molecule has 1 atom stereocenters. The monoisotopic (exact) mass is 424 g/mol. The molecule has 1 unspecified atom stereocenters. The summed E-state index contributed by atoms with van der Waals surface area (Å²) in [5, 5.41) is 10.0. The molecule has 4 aromatic rings. The smallest absolute Gasteiger partial charge is 0.270 e. The second-order valence-corrected chi connectivity index (χ2v) is 8.09. The number of carbonyl (C=O) groups is 1. The largest absolute Gasteiger partial charge is 0.338 e. The zero-order valence-corrected chi connectivity index (χ0v) is 17.5. The van der Waals surface area contributed by atoms with E-state index in [1.807, 2.05) is 54.0 Å². The predicted octanol–water partition coefficient (Wildman–Crippen LogP) is 5.47. The quantitative estimate of drug-likeness (QED) is 0.432. The molecule has 1 aliphatic rings. The van der Waals surface area contributed by atoms with E-state index in [-0.39, 0.29) is 5.91 Å². The van der Waals surface area contributed by atoms with E-state index in [0.717, 1.165) is 28.2 Å². The summed E-state index contributed by atoms with van der Waals surface area (Å²) < 4.78 is 1.46. The van der Waals surface area contributed by atoms with E-state index in [4.69, 9.17) is 0 Å². The van der Waals surface area contributed by atoms with Crippen molar-refractivity contribution in [2.24, 2.45) is 0 Å². The lowest BCUT2D eigenvalue weighted by Crippen LogP contribution is -2.32. The number of thiazole rings is 1. The van der Waals surface area contributed by atoms with E-state index in [1.54, 1.807) is 11.3 Å². The minimum Gasteiger partial charge on any atom is -0.338 e. The van der Waals surface area contributed by atoms with E-state index in [2.05, 4.69) is 51.6 Å². The van der Waals surface area contributed by atoms with E-state index >= 15 is 0 Å². The van der Waals surface area contributed by atoms with Gasteiger partial charge >= 0.3 is 0 Å². The standard InChI is InChI=1S/C25H20N4OS/c1-2-23(30)29-21-15-25(22-16-31-17-26-22,18-9-5-3-6-10-18)14-13-20(21)24(28-29)27-19-11-7-4-8-12-19/h2-14,16-17H,1,15H2,(H,27,28). The number of para-hydroxylation sites is 1. The van der Waals surface area contributed by atoms with E-state index in [9.17, 15) is 4.79 Å². The van der Waals surface area contributed by atoms with Crippen LogP contribution in [-0.2, 0) is 11.8 Å². The molecule has 2 heterocycles. The number of nitrogens with zero attached hydrogens (tertiary/aromatic N) is 3. The van der Waals surface area contributed by atoms with Crippen LogP contribution in [0.15, 0.2) is 90.3 Å². The number of fused-ring (bicyclic) bond motifs is 1. The van der Waals surface area contributed by atoms with Crippen molar-refractivity contribution >= 4 is 34.8 Å². The van der Waals surface area contributed by atoms with Crippen LogP contribution >= 0.6 is 11.3 Å². The highest BCUT2D eigenvalue weighted by molar-refractivity contribution is 7.07. The lowest BCUT2D eigenvalue weighted by molar-refractivity contribution is 0.0950. The van der Waals surface area contributed by atoms with Gasteiger partial charge in [-0.1, -0.05) is 67.3 Å². The molecule has 2 aromatic carbocycles.